The molecule has 3 heterocycles. The molecule has 0 bridgehead atoms. The lowest BCUT2D eigenvalue weighted by molar-refractivity contribution is -0.122. The minimum absolute atomic E-state index is 0.00585. The molecule has 0 atom stereocenters. The number of carbonyl (C=O) groups excluding carboxylic acids is 3. The summed E-state index contributed by atoms with van der Waals surface area (Å²) < 4.78 is 9.64. The summed E-state index contributed by atoms with van der Waals surface area (Å²) in [6, 6.07) is 4.94. The molecular formula is C28H41N9O4. The van der Waals surface area contributed by atoms with Gasteiger partial charge in [-0.2, -0.15) is 5.10 Å². The van der Waals surface area contributed by atoms with Gasteiger partial charge in [0.15, 0.2) is 0 Å². The Morgan fingerprint density at radius 1 is 1.10 bits per heavy atom. The van der Waals surface area contributed by atoms with Crippen LogP contribution in [0.3, 0.4) is 0 Å². The number of likely N-dealkylation sites (N-methyl/N-ethyl adjacent to an activating group) is 1. The van der Waals surface area contributed by atoms with Crippen molar-refractivity contribution in [3.63, 3.8) is 0 Å². The molecule has 41 heavy (non-hydrogen) atoms. The third-order valence-corrected chi connectivity index (χ3v) is 7.06. The molecule has 3 aromatic rings. The van der Waals surface area contributed by atoms with Crippen LogP contribution in [0.25, 0.3) is 11.0 Å². The predicted molar refractivity (Wildman–Crippen MR) is 156 cm³/mol. The summed E-state index contributed by atoms with van der Waals surface area (Å²) in [5, 5.41) is 10.2. The van der Waals surface area contributed by atoms with Crippen molar-refractivity contribution in [1.82, 2.24) is 34.4 Å². The highest BCUT2D eigenvalue weighted by Gasteiger charge is 2.22. The number of nitrogens with two attached hydrogens (primary N) is 1. The van der Waals surface area contributed by atoms with E-state index in [2.05, 4.69) is 37.6 Å². The number of anilines is 1. The molecule has 0 spiro atoms. The molecule has 3 amide bonds. The van der Waals surface area contributed by atoms with Crippen LogP contribution in [-0.2, 0) is 17.9 Å². The summed E-state index contributed by atoms with van der Waals surface area (Å²) in [7, 11) is 2.08. The zero-order chi connectivity index (χ0) is 29.5. The molecule has 4 rings (SSSR count). The first-order valence-corrected chi connectivity index (χ1v) is 14.2. The lowest BCUT2D eigenvalue weighted by atomic mass is 10.1. The number of aryl methyl sites for hydroxylation is 3. The minimum atomic E-state index is -0.606. The SMILES string of the molecule is CCCn1c(NC(=O)c2cc(C)nn2CC)nc2cc(C(N)=O)cc(OCCCNC(=O)CN3CCN(C)CC3)c21. The fourth-order valence-electron chi connectivity index (χ4n) is 4.90. The van der Waals surface area contributed by atoms with E-state index in [1.807, 2.05) is 25.3 Å². The molecule has 4 N–H and O–H groups in total. The number of ether oxygens (including phenoxy) is 1. The number of carbonyl (C=O) groups is 3. The highest BCUT2D eigenvalue weighted by Crippen LogP contribution is 2.31. The number of nitrogens with one attached hydrogen (secondary N) is 2. The third kappa shape index (κ3) is 7.41. The first-order valence-electron chi connectivity index (χ1n) is 14.2. The number of rotatable bonds is 13. The van der Waals surface area contributed by atoms with Gasteiger partial charge in [-0.05, 0) is 51.9 Å². The van der Waals surface area contributed by atoms with Crippen LogP contribution < -0.4 is 21.1 Å². The number of primary amides is 1. The molecule has 222 valence electrons. The van der Waals surface area contributed by atoms with Crippen LogP contribution >= 0.6 is 0 Å². The number of hydrogen-bond donors (Lipinski definition) is 3. The van der Waals surface area contributed by atoms with E-state index in [9.17, 15) is 14.4 Å². The molecule has 1 saturated heterocycles. The van der Waals surface area contributed by atoms with Gasteiger partial charge in [0.1, 0.15) is 17.0 Å². The third-order valence-electron chi connectivity index (χ3n) is 7.06. The molecule has 1 aromatic carbocycles. The quantitative estimate of drug-likeness (QED) is 0.263. The highest BCUT2D eigenvalue weighted by molar-refractivity contribution is 6.04. The standard InChI is InChI=1S/C28H41N9O4/c1-5-9-36-25-21(31-28(36)32-27(40)22-15-19(3)33-37(22)6-2)16-20(26(29)39)17-23(25)41-14-7-8-30-24(38)18-35-12-10-34(4)11-13-35/h15-17H,5-14,18H2,1-4H3,(H2,29,39)(H,30,38)(H,31,32,40). The first kappa shape index (κ1) is 30.0. The van der Waals surface area contributed by atoms with E-state index in [-0.39, 0.29) is 17.4 Å². The molecule has 13 nitrogen and oxygen atoms in total. The largest absolute Gasteiger partial charge is 0.491 e. The Morgan fingerprint density at radius 2 is 1.85 bits per heavy atom. The van der Waals surface area contributed by atoms with Gasteiger partial charge < -0.3 is 25.3 Å². The molecule has 0 unspecified atom stereocenters. The maximum Gasteiger partial charge on any atom is 0.276 e. The van der Waals surface area contributed by atoms with Gasteiger partial charge in [0, 0.05) is 51.4 Å². The Hall–Kier alpha value is -3.97. The maximum atomic E-state index is 13.2. The van der Waals surface area contributed by atoms with Crippen molar-refractivity contribution in [2.45, 2.75) is 46.7 Å². The summed E-state index contributed by atoms with van der Waals surface area (Å²) in [6.45, 7) is 11.7. The van der Waals surface area contributed by atoms with Crippen molar-refractivity contribution < 1.29 is 19.1 Å². The van der Waals surface area contributed by atoms with E-state index < -0.39 is 5.91 Å². The zero-order valence-electron chi connectivity index (χ0n) is 24.4. The number of nitrogens with zero attached hydrogens (tertiary/aromatic N) is 6. The molecule has 1 fully saturated rings. The van der Waals surface area contributed by atoms with Gasteiger partial charge >= 0.3 is 0 Å². The van der Waals surface area contributed by atoms with Gasteiger partial charge in [-0.3, -0.25) is 29.3 Å². The molecular weight excluding hydrogens is 526 g/mol. The Kier molecular flexibility index (Phi) is 9.95. The minimum Gasteiger partial charge on any atom is -0.491 e. The number of benzene rings is 1. The number of imidazole rings is 1. The zero-order valence-corrected chi connectivity index (χ0v) is 24.4. The van der Waals surface area contributed by atoms with Crippen molar-refractivity contribution in [3.8, 4) is 5.75 Å². The van der Waals surface area contributed by atoms with Crippen molar-refractivity contribution in [2.24, 2.45) is 5.73 Å². The van der Waals surface area contributed by atoms with E-state index in [1.54, 1.807) is 22.9 Å². The Balaban J connectivity index is 1.47. The topological polar surface area (TPSA) is 153 Å². The number of aromatic nitrogens is 4. The van der Waals surface area contributed by atoms with E-state index in [4.69, 9.17) is 10.5 Å². The van der Waals surface area contributed by atoms with Crippen LogP contribution in [0.5, 0.6) is 5.75 Å². The number of fused-ring (bicyclic) bond motifs is 1. The monoisotopic (exact) mass is 567 g/mol. The molecule has 1 aliphatic heterocycles. The normalized spacial score (nSPS) is 14.3. The van der Waals surface area contributed by atoms with Crippen LogP contribution in [0.4, 0.5) is 5.95 Å². The lowest BCUT2D eigenvalue weighted by Gasteiger charge is -2.31. The van der Waals surface area contributed by atoms with Gasteiger partial charge in [-0.1, -0.05) is 6.92 Å². The van der Waals surface area contributed by atoms with Crippen molar-refractivity contribution in [2.75, 3.05) is 58.2 Å². The fourth-order valence-corrected chi connectivity index (χ4v) is 4.90. The van der Waals surface area contributed by atoms with Crippen LogP contribution in [0.1, 0.15) is 53.2 Å². The van der Waals surface area contributed by atoms with Crippen LogP contribution in [0.15, 0.2) is 18.2 Å². The fraction of sp³-hybridized carbons (Fsp3) is 0.536. The Bertz CT molecular complexity index is 1390. The van der Waals surface area contributed by atoms with E-state index in [0.717, 1.165) is 38.3 Å². The van der Waals surface area contributed by atoms with E-state index in [0.29, 0.717) is 67.6 Å². The molecule has 0 saturated carbocycles. The number of hydrogen-bond acceptors (Lipinski definition) is 8. The van der Waals surface area contributed by atoms with Gasteiger partial charge in [-0.15, -0.1) is 0 Å². The summed E-state index contributed by atoms with van der Waals surface area (Å²) >= 11 is 0. The summed E-state index contributed by atoms with van der Waals surface area (Å²) in [6.07, 6.45) is 1.35. The Labute approximate surface area is 240 Å². The maximum absolute atomic E-state index is 13.2. The average Bonchev–Trinajstić information content (AvgIpc) is 3.49. The van der Waals surface area contributed by atoms with E-state index >= 15 is 0 Å². The van der Waals surface area contributed by atoms with Crippen LogP contribution in [0, 0.1) is 6.92 Å². The smallest absolute Gasteiger partial charge is 0.276 e. The van der Waals surface area contributed by atoms with E-state index in [1.165, 1.54) is 0 Å². The molecule has 1 aliphatic rings. The second-order valence-corrected chi connectivity index (χ2v) is 10.4. The summed E-state index contributed by atoms with van der Waals surface area (Å²) in [5.41, 5.74) is 8.18. The highest BCUT2D eigenvalue weighted by atomic mass is 16.5. The lowest BCUT2D eigenvalue weighted by Crippen LogP contribution is -2.48. The Morgan fingerprint density at radius 3 is 2.54 bits per heavy atom. The first-order chi connectivity index (χ1) is 19.7. The number of piperazine rings is 1. The second kappa shape index (κ2) is 13.6. The van der Waals surface area contributed by atoms with Gasteiger partial charge in [0.2, 0.25) is 17.8 Å². The molecule has 13 heteroatoms. The van der Waals surface area contributed by atoms with Gasteiger partial charge in [0.25, 0.3) is 5.91 Å². The predicted octanol–water partition coefficient (Wildman–Crippen LogP) is 1.45. The van der Waals surface area contributed by atoms with Gasteiger partial charge in [0.05, 0.1) is 24.4 Å². The summed E-state index contributed by atoms with van der Waals surface area (Å²) in [4.78, 5) is 46.7. The van der Waals surface area contributed by atoms with Crippen molar-refractivity contribution in [1.29, 1.82) is 0 Å². The summed E-state index contributed by atoms with van der Waals surface area (Å²) in [5.74, 6) is -0.156. The molecule has 0 aliphatic carbocycles. The second-order valence-electron chi connectivity index (χ2n) is 10.4. The van der Waals surface area contributed by atoms with Crippen LogP contribution in [-0.4, -0.2) is 99.8 Å². The average molecular weight is 568 g/mol. The van der Waals surface area contributed by atoms with Gasteiger partial charge in [-0.25, -0.2) is 4.98 Å². The molecule has 2 aromatic heterocycles. The number of amides is 3. The van der Waals surface area contributed by atoms with Crippen molar-refractivity contribution >= 4 is 34.7 Å². The van der Waals surface area contributed by atoms with Crippen LogP contribution in [0.2, 0.25) is 0 Å². The van der Waals surface area contributed by atoms with Crippen molar-refractivity contribution in [3.05, 3.63) is 35.2 Å². The molecule has 0 radical (unpaired) electrons.